The largest absolute Gasteiger partial charge is 0.489 e. The highest BCUT2D eigenvalue weighted by molar-refractivity contribution is 5.80. The Kier molecular flexibility index (Phi) is 5.24. The fourth-order valence-corrected chi connectivity index (χ4v) is 2.68. The number of aromatic nitrogens is 1. The van der Waals surface area contributed by atoms with Crippen LogP contribution in [0.4, 0.5) is 19.0 Å². The van der Waals surface area contributed by atoms with Crippen LogP contribution in [0.3, 0.4) is 0 Å². The molecule has 3 aromatic rings. The highest BCUT2D eigenvalue weighted by atomic mass is 19.2. The van der Waals surface area contributed by atoms with E-state index in [0.29, 0.717) is 11.1 Å². The summed E-state index contributed by atoms with van der Waals surface area (Å²) >= 11 is 0. The Hall–Kier alpha value is -4.24. The van der Waals surface area contributed by atoms with E-state index in [4.69, 9.17) is 10.5 Å². The molecule has 3 N–H and O–H groups in total. The quantitative estimate of drug-likeness (QED) is 0.656. The molecule has 0 amide bonds. The third kappa shape index (κ3) is 3.75. The zero-order chi connectivity index (χ0) is 21.1. The molecular weight excluding hydrogens is 385 g/mol. The number of nitrogen functional groups attached to an aromatic ring is 1. The predicted molar refractivity (Wildman–Crippen MR) is 97.0 cm³/mol. The lowest BCUT2D eigenvalue weighted by Gasteiger charge is -2.10. The normalized spacial score (nSPS) is 10.2. The molecule has 0 atom stereocenters. The number of nitrogens with zero attached hydrogens (tertiary/aromatic N) is 2. The van der Waals surface area contributed by atoms with Gasteiger partial charge in [-0.25, -0.2) is 13.2 Å². The van der Waals surface area contributed by atoms with E-state index in [-0.39, 0.29) is 34.9 Å². The first-order chi connectivity index (χ1) is 13.8. The lowest BCUT2D eigenvalue weighted by molar-refractivity contribution is 0.299. The Labute approximate surface area is 162 Å². The van der Waals surface area contributed by atoms with E-state index in [1.165, 1.54) is 0 Å². The highest BCUT2D eigenvalue weighted by Gasteiger charge is 2.18. The Balaban J connectivity index is 1.90. The van der Waals surface area contributed by atoms with Crippen molar-refractivity contribution >= 4 is 5.82 Å². The van der Waals surface area contributed by atoms with Gasteiger partial charge in [-0.1, -0.05) is 24.3 Å². The van der Waals surface area contributed by atoms with E-state index >= 15 is 0 Å². The number of nitriles is 2. The van der Waals surface area contributed by atoms with Crippen LogP contribution in [0.5, 0.6) is 5.75 Å². The van der Waals surface area contributed by atoms with Gasteiger partial charge < -0.3 is 15.5 Å². The van der Waals surface area contributed by atoms with Crippen molar-refractivity contribution in [1.29, 1.82) is 10.5 Å². The number of ether oxygens (including phenoxy) is 1. The maximum Gasteiger partial charge on any atom is 0.268 e. The molecule has 9 heteroatoms. The first kappa shape index (κ1) is 19.5. The van der Waals surface area contributed by atoms with E-state index in [2.05, 4.69) is 4.98 Å². The number of H-pyrrole nitrogens is 1. The summed E-state index contributed by atoms with van der Waals surface area (Å²) in [6.07, 6.45) is 0. The smallest absolute Gasteiger partial charge is 0.268 e. The van der Waals surface area contributed by atoms with Crippen molar-refractivity contribution in [3.05, 3.63) is 80.9 Å². The van der Waals surface area contributed by atoms with Crippen LogP contribution >= 0.6 is 0 Å². The summed E-state index contributed by atoms with van der Waals surface area (Å²) in [5.74, 6) is -4.66. The minimum atomic E-state index is -1.58. The number of aromatic amines is 1. The van der Waals surface area contributed by atoms with Gasteiger partial charge in [-0.05, 0) is 11.1 Å². The maximum absolute atomic E-state index is 13.2. The first-order valence-electron chi connectivity index (χ1n) is 8.08. The molecule has 1 heterocycles. The lowest BCUT2D eigenvalue weighted by atomic mass is 9.96. The number of pyridine rings is 1. The van der Waals surface area contributed by atoms with Crippen molar-refractivity contribution in [2.75, 3.05) is 5.73 Å². The van der Waals surface area contributed by atoms with E-state index in [9.17, 15) is 28.5 Å². The molecule has 3 rings (SSSR count). The Morgan fingerprint density at radius 2 is 1.59 bits per heavy atom. The fraction of sp³-hybridized carbons (Fsp3) is 0.0500. The highest BCUT2D eigenvalue weighted by Crippen LogP contribution is 2.28. The first-order valence-corrected chi connectivity index (χ1v) is 8.08. The van der Waals surface area contributed by atoms with Crippen LogP contribution in [-0.2, 0) is 6.61 Å². The van der Waals surface area contributed by atoms with Gasteiger partial charge in [0.1, 0.15) is 41.4 Å². The third-order valence-corrected chi connectivity index (χ3v) is 4.07. The lowest BCUT2D eigenvalue weighted by Crippen LogP contribution is -2.16. The van der Waals surface area contributed by atoms with Crippen LogP contribution in [0.15, 0.2) is 41.2 Å². The molecule has 2 aromatic carbocycles. The van der Waals surface area contributed by atoms with Crippen molar-refractivity contribution in [3.8, 4) is 29.0 Å². The van der Waals surface area contributed by atoms with Crippen molar-refractivity contribution in [2.45, 2.75) is 6.61 Å². The van der Waals surface area contributed by atoms with E-state index in [0.717, 1.165) is 12.1 Å². The van der Waals surface area contributed by atoms with E-state index < -0.39 is 23.0 Å². The topological polar surface area (TPSA) is 116 Å². The molecule has 1 aromatic heterocycles. The van der Waals surface area contributed by atoms with Crippen molar-refractivity contribution in [3.63, 3.8) is 0 Å². The van der Waals surface area contributed by atoms with Crippen molar-refractivity contribution in [2.24, 2.45) is 0 Å². The van der Waals surface area contributed by atoms with Gasteiger partial charge >= 0.3 is 0 Å². The van der Waals surface area contributed by atoms with Crippen LogP contribution in [0.25, 0.3) is 11.1 Å². The van der Waals surface area contributed by atoms with Crippen LogP contribution in [0.1, 0.15) is 16.7 Å². The average molecular weight is 396 g/mol. The summed E-state index contributed by atoms with van der Waals surface area (Å²) in [6, 6.07) is 11.3. The second kappa shape index (κ2) is 7.79. The molecule has 0 bridgehead atoms. The SMILES string of the molecule is N#Cc1c(N)[nH]c(=O)c(C#N)c1-c1ccc(COc2cc(F)c(F)c(F)c2)cc1. The molecular formula is C20H11F3N4O2. The molecule has 0 aliphatic carbocycles. The number of hydrogen-bond donors (Lipinski definition) is 2. The van der Waals surface area contributed by atoms with Gasteiger partial charge in [-0.15, -0.1) is 0 Å². The van der Waals surface area contributed by atoms with Gasteiger partial charge in [-0.3, -0.25) is 4.79 Å². The molecule has 0 spiro atoms. The van der Waals surface area contributed by atoms with Gasteiger partial charge in [0.2, 0.25) is 0 Å². The van der Waals surface area contributed by atoms with Crippen LogP contribution in [-0.4, -0.2) is 4.98 Å². The minimum absolute atomic E-state index is 0.0394. The average Bonchev–Trinajstić information content (AvgIpc) is 2.70. The van der Waals surface area contributed by atoms with E-state index in [1.807, 2.05) is 6.07 Å². The molecule has 0 saturated carbocycles. The Morgan fingerprint density at radius 1 is 1.00 bits per heavy atom. The summed E-state index contributed by atoms with van der Waals surface area (Å²) in [4.78, 5) is 14.2. The van der Waals surface area contributed by atoms with Crippen LogP contribution in [0.2, 0.25) is 0 Å². The van der Waals surface area contributed by atoms with Crippen LogP contribution in [0, 0.1) is 40.1 Å². The number of hydrogen-bond acceptors (Lipinski definition) is 5. The summed E-state index contributed by atoms with van der Waals surface area (Å²) in [5, 5.41) is 18.6. The summed E-state index contributed by atoms with van der Waals surface area (Å²) in [5.41, 5.74) is 5.75. The maximum atomic E-state index is 13.2. The van der Waals surface area contributed by atoms with Crippen LogP contribution < -0.4 is 16.0 Å². The zero-order valence-corrected chi connectivity index (χ0v) is 14.6. The molecule has 144 valence electrons. The Bertz CT molecular complexity index is 1220. The molecule has 0 fully saturated rings. The van der Waals surface area contributed by atoms with Gasteiger partial charge in [0.25, 0.3) is 5.56 Å². The molecule has 0 unspecified atom stereocenters. The van der Waals surface area contributed by atoms with Crippen molar-refractivity contribution < 1.29 is 17.9 Å². The second-order valence-corrected chi connectivity index (χ2v) is 5.90. The Morgan fingerprint density at radius 3 is 2.14 bits per heavy atom. The predicted octanol–water partition coefficient (Wildman–Crippen LogP) is 3.36. The van der Waals surface area contributed by atoms with E-state index in [1.54, 1.807) is 30.3 Å². The molecule has 0 aliphatic rings. The molecule has 0 saturated heterocycles. The molecule has 6 nitrogen and oxygen atoms in total. The summed E-state index contributed by atoms with van der Waals surface area (Å²) in [6.45, 7) is -0.0848. The van der Waals surface area contributed by atoms with Gasteiger partial charge in [0.15, 0.2) is 17.5 Å². The zero-order valence-electron chi connectivity index (χ0n) is 14.6. The third-order valence-electron chi connectivity index (χ3n) is 4.07. The summed E-state index contributed by atoms with van der Waals surface area (Å²) < 4.78 is 44.7. The summed E-state index contributed by atoms with van der Waals surface area (Å²) in [7, 11) is 0. The fourth-order valence-electron chi connectivity index (χ4n) is 2.68. The van der Waals surface area contributed by atoms with Crippen molar-refractivity contribution in [1.82, 2.24) is 4.98 Å². The standard InChI is InChI=1S/C20H11F3N4O2/c21-15-5-12(6-16(22)18(15)23)29-9-10-1-3-11(4-2-10)17-13(7-24)19(26)27-20(28)14(17)8-25/h1-6H,9H2,(H3,26,27,28). The number of nitrogens with two attached hydrogens (primary N) is 1. The minimum Gasteiger partial charge on any atom is -0.489 e. The molecule has 0 aliphatic heterocycles. The second-order valence-electron chi connectivity index (χ2n) is 5.90. The number of halogens is 3. The number of rotatable bonds is 4. The van der Waals surface area contributed by atoms with Gasteiger partial charge in [-0.2, -0.15) is 10.5 Å². The molecule has 0 radical (unpaired) electrons. The van der Waals surface area contributed by atoms with Gasteiger partial charge in [0, 0.05) is 17.7 Å². The number of anilines is 1. The number of nitrogens with one attached hydrogen (secondary N) is 1. The number of benzene rings is 2. The monoisotopic (exact) mass is 396 g/mol. The molecule has 29 heavy (non-hydrogen) atoms. The van der Waals surface area contributed by atoms with Gasteiger partial charge in [0.05, 0.1) is 0 Å².